The van der Waals surface area contributed by atoms with Gasteiger partial charge < -0.3 is 15.3 Å². The summed E-state index contributed by atoms with van der Waals surface area (Å²) in [7, 11) is 1.86. The quantitative estimate of drug-likeness (QED) is 0.894. The Balaban J connectivity index is 1.64. The van der Waals surface area contributed by atoms with Gasteiger partial charge in [0.1, 0.15) is 12.1 Å². The first-order chi connectivity index (χ1) is 11.1. The van der Waals surface area contributed by atoms with Crippen LogP contribution in [0.25, 0.3) is 10.9 Å². The first-order valence-electron chi connectivity index (χ1n) is 8.02. The number of nitrogens with one attached hydrogen (secondary N) is 1. The zero-order chi connectivity index (χ0) is 16.2. The number of aromatic nitrogens is 2. The van der Waals surface area contributed by atoms with Gasteiger partial charge in [-0.2, -0.15) is 0 Å². The molecular weight excluding hydrogens is 292 g/mol. The lowest BCUT2D eigenvalue weighted by Crippen LogP contribution is -2.43. The molecule has 1 aliphatic rings. The molecule has 0 aliphatic heterocycles. The molecule has 2 N–H and O–H groups in total. The Morgan fingerprint density at radius 1 is 1.26 bits per heavy atom. The van der Waals surface area contributed by atoms with Crippen LogP contribution >= 0.6 is 0 Å². The third kappa shape index (κ3) is 3.76. The van der Waals surface area contributed by atoms with Crippen molar-refractivity contribution in [3.8, 4) is 0 Å². The summed E-state index contributed by atoms with van der Waals surface area (Å²) in [4.78, 5) is 22.7. The van der Waals surface area contributed by atoms with E-state index < -0.39 is 0 Å². The lowest BCUT2D eigenvalue weighted by Gasteiger charge is -2.27. The zero-order valence-corrected chi connectivity index (χ0v) is 13.3. The fourth-order valence-electron chi connectivity index (χ4n) is 3.08. The molecule has 2 aromatic rings. The predicted molar refractivity (Wildman–Crippen MR) is 89.2 cm³/mol. The van der Waals surface area contributed by atoms with Gasteiger partial charge in [-0.05, 0) is 37.8 Å². The molecule has 122 valence electrons. The van der Waals surface area contributed by atoms with Gasteiger partial charge in [0.2, 0.25) is 5.91 Å². The standard InChI is InChI=1S/C17H22N4O2/c1-21(10-16(23)20-12-6-8-13(22)9-7-12)17-14-4-2-3-5-15(14)18-11-19-17/h2-5,11-13,22H,6-10H2,1H3,(H,20,23). The second-order valence-electron chi connectivity index (χ2n) is 6.14. The maximum atomic E-state index is 12.3. The minimum atomic E-state index is -0.210. The Morgan fingerprint density at radius 2 is 2.00 bits per heavy atom. The number of nitrogens with zero attached hydrogens (tertiary/aromatic N) is 3. The largest absolute Gasteiger partial charge is 0.393 e. The SMILES string of the molecule is CN(CC(=O)NC1CCC(O)CC1)c1ncnc2ccccc12. The van der Waals surface area contributed by atoms with Crippen LogP contribution in [0.15, 0.2) is 30.6 Å². The molecule has 0 spiro atoms. The van der Waals surface area contributed by atoms with Crippen LogP contribution in [0.4, 0.5) is 5.82 Å². The van der Waals surface area contributed by atoms with Gasteiger partial charge in [-0.25, -0.2) is 9.97 Å². The third-order valence-corrected chi connectivity index (χ3v) is 4.33. The van der Waals surface area contributed by atoms with Crippen LogP contribution in [0.2, 0.25) is 0 Å². The van der Waals surface area contributed by atoms with E-state index in [0.29, 0.717) is 0 Å². The Morgan fingerprint density at radius 3 is 2.78 bits per heavy atom. The second-order valence-corrected chi connectivity index (χ2v) is 6.14. The minimum Gasteiger partial charge on any atom is -0.393 e. The number of para-hydroxylation sites is 1. The molecule has 1 aromatic heterocycles. The van der Waals surface area contributed by atoms with Gasteiger partial charge in [-0.1, -0.05) is 12.1 Å². The molecule has 0 atom stereocenters. The molecule has 6 nitrogen and oxygen atoms in total. The molecule has 0 saturated heterocycles. The van der Waals surface area contributed by atoms with E-state index in [1.807, 2.05) is 36.2 Å². The van der Waals surface area contributed by atoms with Crippen molar-refractivity contribution >= 4 is 22.6 Å². The van der Waals surface area contributed by atoms with Crippen molar-refractivity contribution in [2.24, 2.45) is 0 Å². The molecule has 23 heavy (non-hydrogen) atoms. The maximum Gasteiger partial charge on any atom is 0.239 e. The molecule has 1 aliphatic carbocycles. The van der Waals surface area contributed by atoms with Gasteiger partial charge in [0.25, 0.3) is 0 Å². The Hall–Kier alpha value is -2.21. The van der Waals surface area contributed by atoms with E-state index in [1.165, 1.54) is 6.33 Å². The normalized spacial score (nSPS) is 21.1. The van der Waals surface area contributed by atoms with E-state index in [0.717, 1.165) is 42.4 Å². The third-order valence-electron chi connectivity index (χ3n) is 4.33. The molecule has 1 saturated carbocycles. The number of carbonyl (C=O) groups excluding carboxylic acids is 1. The van der Waals surface area contributed by atoms with Crippen LogP contribution in [-0.2, 0) is 4.79 Å². The highest BCUT2D eigenvalue weighted by atomic mass is 16.3. The van der Waals surface area contributed by atoms with Crippen LogP contribution in [0.1, 0.15) is 25.7 Å². The molecular formula is C17H22N4O2. The number of aliphatic hydroxyl groups is 1. The highest BCUT2D eigenvalue weighted by Gasteiger charge is 2.21. The smallest absolute Gasteiger partial charge is 0.239 e. The summed E-state index contributed by atoms with van der Waals surface area (Å²) in [5.74, 6) is 0.737. The predicted octanol–water partition coefficient (Wildman–Crippen LogP) is 1.49. The maximum absolute atomic E-state index is 12.3. The summed E-state index contributed by atoms with van der Waals surface area (Å²) in [6.07, 6.45) is 4.52. The van der Waals surface area contributed by atoms with E-state index in [9.17, 15) is 9.90 Å². The van der Waals surface area contributed by atoms with E-state index >= 15 is 0 Å². The fourth-order valence-corrected chi connectivity index (χ4v) is 3.08. The van der Waals surface area contributed by atoms with Crippen molar-refractivity contribution in [3.63, 3.8) is 0 Å². The molecule has 1 fully saturated rings. The number of hydrogen-bond donors (Lipinski definition) is 2. The second kappa shape index (κ2) is 6.91. The molecule has 1 amide bonds. The number of benzene rings is 1. The Labute approximate surface area is 135 Å². The minimum absolute atomic E-state index is 0.0171. The molecule has 0 unspecified atom stereocenters. The van der Waals surface area contributed by atoms with E-state index in [2.05, 4.69) is 15.3 Å². The van der Waals surface area contributed by atoms with Crippen LogP contribution in [0.3, 0.4) is 0 Å². The highest BCUT2D eigenvalue weighted by molar-refractivity contribution is 5.91. The average Bonchev–Trinajstić information content (AvgIpc) is 2.56. The van der Waals surface area contributed by atoms with Gasteiger partial charge in [-0.3, -0.25) is 4.79 Å². The van der Waals surface area contributed by atoms with Gasteiger partial charge in [-0.15, -0.1) is 0 Å². The van der Waals surface area contributed by atoms with Gasteiger partial charge in [0.05, 0.1) is 18.2 Å². The molecule has 0 radical (unpaired) electrons. The number of carbonyl (C=O) groups is 1. The van der Waals surface area contributed by atoms with Gasteiger partial charge in [0.15, 0.2) is 0 Å². The van der Waals surface area contributed by atoms with Crippen LogP contribution in [0.5, 0.6) is 0 Å². The van der Waals surface area contributed by atoms with Crippen molar-refractivity contribution in [2.75, 3.05) is 18.5 Å². The van der Waals surface area contributed by atoms with Crippen molar-refractivity contribution in [1.82, 2.24) is 15.3 Å². The number of likely N-dealkylation sites (N-methyl/N-ethyl adjacent to an activating group) is 1. The van der Waals surface area contributed by atoms with Crippen molar-refractivity contribution in [2.45, 2.75) is 37.8 Å². The van der Waals surface area contributed by atoms with E-state index in [-0.39, 0.29) is 24.6 Å². The lowest BCUT2D eigenvalue weighted by molar-refractivity contribution is -0.120. The molecule has 6 heteroatoms. The number of hydrogen-bond acceptors (Lipinski definition) is 5. The first kappa shape index (κ1) is 15.7. The fraction of sp³-hybridized carbons (Fsp3) is 0.471. The number of aliphatic hydroxyl groups excluding tert-OH is 1. The number of anilines is 1. The summed E-state index contributed by atoms with van der Waals surface area (Å²) < 4.78 is 0. The van der Waals surface area contributed by atoms with Crippen LogP contribution < -0.4 is 10.2 Å². The van der Waals surface area contributed by atoms with Crippen molar-refractivity contribution in [3.05, 3.63) is 30.6 Å². The first-order valence-corrected chi connectivity index (χ1v) is 8.02. The molecule has 0 bridgehead atoms. The van der Waals surface area contributed by atoms with Gasteiger partial charge in [0, 0.05) is 18.5 Å². The van der Waals surface area contributed by atoms with Crippen LogP contribution in [0, 0.1) is 0 Å². The zero-order valence-electron chi connectivity index (χ0n) is 13.3. The Bertz CT molecular complexity index is 678. The van der Waals surface area contributed by atoms with Crippen LogP contribution in [-0.4, -0.2) is 46.7 Å². The average molecular weight is 314 g/mol. The number of fused-ring (bicyclic) bond motifs is 1. The molecule has 1 heterocycles. The van der Waals surface area contributed by atoms with Gasteiger partial charge >= 0.3 is 0 Å². The van der Waals surface area contributed by atoms with Crippen molar-refractivity contribution < 1.29 is 9.90 Å². The highest BCUT2D eigenvalue weighted by Crippen LogP contribution is 2.21. The monoisotopic (exact) mass is 314 g/mol. The summed E-state index contributed by atoms with van der Waals surface area (Å²) in [5.41, 5.74) is 0.867. The number of rotatable bonds is 4. The van der Waals surface area contributed by atoms with E-state index in [4.69, 9.17) is 0 Å². The summed E-state index contributed by atoms with van der Waals surface area (Å²) in [6, 6.07) is 7.93. The molecule has 1 aromatic carbocycles. The summed E-state index contributed by atoms with van der Waals surface area (Å²) in [5, 5.41) is 13.5. The summed E-state index contributed by atoms with van der Waals surface area (Å²) >= 11 is 0. The Kier molecular flexibility index (Phi) is 4.71. The lowest BCUT2D eigenvalue weighted by atomic mass is 9.93. The summed E-state index contributed by atoms with van der Waals surface area (Å²) in [6.45, 7) is 0.250. The van der Waals surface area contributed by atoms with E-state index in [1.54, 1.807) is 0 Å². The molecule has 3 rings (SSSR count). The van der Waals surface area contributed by atoms with Crippen molar-refractivity contribution in [1.29, 1.82) is 0 Å². The topological polar surface area (TPSA) is 78.4 Å². The number of amides is 1.